The lowest BCUT2D eigenvalue weighted by Gasteiger charge is -2.06. The minimum Gasteiger partial charge on any atom is -0.337 e. The normalized spacial score (nSPS) is 14.4. The number of hydrogen-bond acceptors (Lipinski definition) is 2. The molecule has 1 aliphatic carbocycles. The first-order chi connectivity index (χ1) is 7.72. The highest BCUT2D eigenvalue weighted by Crippen LogP contribution is 2.19. The summed E-state index contributed by atoms with van der Waals surface area (Å²) in [5, 5.41) is 4.86. The molecule has 0 spiro atoms. The van der Waals surface area contributed by atoms with Gasteiger partial charge in [0.2, 0.25) is 5.91 Å². The first kappa shape index (κ1) is 13.0. The highest BCUT2D eigenvalue weighted by atomic mass is 35.5. The van der Waals surface area contributed by atoms with Crippen LogP contribution in [-0.4, -0.2) is 24.4 Å². The van der Waals surface area contributed by atoms with E-state index in [9.17, 15) is 9.59 Å². The van der Waals surface area contributed by atoms with Crippen molar-refractivity contribution >= 4 is 23.5 Å². The fourth-order valence-electron chi connectivity index (χ4n) is 1.62. The topological polar surface area (TPSA) is 58.2 Å². The van der Waals surface area contributed by atoms with Gasteiger partial charge >= 0.3 is 6.03 Å². The molecular formula is C11H17ClN2O2. The van der Waals surface area contributed by atoms with E-state index in [2.05, 4.69) is 16.7 Å². The summed E-state index contributed by atoms with van der Waals surface area (Å²) in [5.74, 6) is -0.112. The van der Waals surface area contributed by atoms with Gasteiger partial charge in [-0.1, -0.05) is 11.6 Å². The zero-order valence-electron chi connectivity index (χ0n) is 9.22. The van der Waals surface area contributed by atoms with E-state index in [4.69, 9.17) is 11.6 Å². The second-order valence-corrected chi connectivity index (χ2v) is 4.13. The minimum absolute atomic E-state index is 0.167. The molecule has 0 atom stereocenters. The van der Waals surface area contributed by atoms with Crippen molar-refractivity contribution in [3.63, 3.8) is 0 Å². The van der Waals surface area contributed by atoms with Gasteiger partial charge in [0.15, 0.2) is 0 Å². The Morgan fingerprint density at radius 2 is 2.25 bits per heavy atom. The van der Waals surface area contributed by atoms with Gasteiger partial charge in [0.05, 0.1) is 0 Å². The van der Waals surface area contributed by atoms with Crippen LogP contribution in [0.2, 0.25) is 0 Å². The van der Waals surface area contributed by atoms with Crippen LogP contribution >= 0.6 is 11.6 Å². The number of rotatable bonds is 5. The van der Waals surface area contributed by atoms with Gasteiger partial charge in [-0.3, -0.25) is 10.1 Å². The van der Waals surface area contributed by atoms with E-state index in [1.54, 1.807) is 0 Å². The van der Waals surface area contributed by atoms with Crippen LogP contribution < -0.4 is 10.6 Å². The number of nitrogens with one attached hydrogen (secondary N) is 2. The third kappa shape index (κ3) is 5.16. The van der Waals surface area contributed by atoms with Crippen molar-refractivity contribution in [1.29, 1.82) is 0 Å². The van der Waals surface area contributed by atoms with Crippen molar-refractivity contribution in [2.45, 2.75) is 32.1 Å². The number of carbonyl (C=O) groups is 2. The predicted molar refractivity (Wildman–Crippen MR) is 63.4 cm³/mol. The Balaban J connectivity index is 2.08. The zero-order valence-corrected chi connectivity index (χ0v) is 9.98. The van der Waals surface area contributed by atoms with E-state index < -0.39 is 6.03 Å². The fourth-order valence-corrected chi connectivity index (χ4v) is 1.79. The van der Waals surface area contributed by atoms with Gasteiger partial charge in [0.25, 0.3) is 0 Å². The quantitative estimate of drug-likeness (QED) is 0.574. The van der Waals surface area contributed by atoms with Crippen molar-refractivity contribution in [2.75, 3.05) is 12.4 Å². The summed E-state index contributed by atoms with van der Waals surface area (Å²) in [6.45, 7) is 0.575. The van der Waals surface area contributed by atoms with Crippen LogP contribution in [0.4, 0.5) is 4.79 Å². The molecule has 4 nitrogen and oxygen atoms in total. The largest absolute Gasteiger partial charge is 0.337 e. The second-order valence-electron chi connectivity index (χ2n) is 3.75. The standard InChI is InChI=1S/C11H17ClN2O2/c12-7-5-10(15)14-11(16)13-8-6-9-3-1-2-4-9/h3H,1-2,4-8H2,(H2,13,14,15,16). The molecule has 0 aromatic rings. The van der Waals surface area contributed by atoms with Crippen LogP contribution in [-0.2, 0) is 4.79 Å². The summed E-state index contributed by atoms with van der Waals surface area (Å²) in [6.07, 6.45) is 6.76. The van der Waals surface area contributed by atoms with Crippen molar-refractivity contribution in [3.8, 4) is 0 Å². The molecule has 0 unspecified atom stereocenters. The maximum Gasteiger partial charge on any atom is 0.321 e. The third-order valence-corrected chi connectivity index (χ3v) is 2.63. The Labute approximate surface area is 100 Å². The molecule has 3 amide bonds. The van der Waals surface area contributed by atoms with Gasteiger partial charge in [-0.15, -0.1) is 11.6 Å². The van der Waals surface area contributed by atoms with Gasteiger partial charge < -0.3 is 5.32 Å². The maximum atomic E-state index is 11.2. The third-order valence-electron chi connectivity index (χ3n) is 2.44. The number of halogens is 1. The van der Waals surface area contributed by atoms with Gasteiger partial charge in [0.1, 0.15) is 0 Å². The molecule has 1 aliphatic rings. The minimum atomic E-state index is -0.436. The van der Waals surface area contributed by atoms with Crippen LogP contribution in [0.1, 0.15) is 32.1 Å². The Bertz CT molecular complexity index is 290. The van der Waals surface area contributed by atoms with Gasteiger partial charge in [-0.25, -0.2) is 4.79 Å². The molecule has 0 saturated carbocycles. The number of carbonyl (C=O) groups excluding carboxylic acids is 2. The molecule has 0 aliphatic heterocycles. The summed E-state index contributed by atoms with van der Waals surface area (Å²) < 4.78 is 0. The maximum absolute atomic E-state index is 11.2. The zero-order chi connectivity index (χ0) is 11.8. The summed E-state index contributed by atoms with van der Waals surface area (Å²) >= 11 is 5.37. The Kier molecular flexibility index (Phi) is 5.93. The average molecular weight is 245 g/mol. The predicted octanol–water partition coefficient (Wildman–Crippen LogP) is 1.94. The smallest absolute Gasteiger partial charge is 0.321 e. The molecule has 0 heterocycles. The lowest BCUT2D eigenvalue weighted by atomic mass is 10.2. The number of urea groups is 1. The number of allylic oxidation sites excluding steroid dienone is 1. The molecule has 0 bridgehead atoms. The molecular weight excluding hydrogens is 228 g/mol. The molecule has 2 N–H and O–H groups in total. The van der Waals surface area contributed by atoms with Crippen molar-refractivity contribution in [2.24, 2.45) is 0 Å². The Hall–Kier alpha value is -1.03. The molecule has 90 valence electrons. The monoisotopic (exact) mass is 244 g/mol. The lowest BCUT2D eigenvalue weighted by molar-refractivity contribution is -0.119. The van der Waals surface area contributed by atoms with E-state index in [-0.39, 0.29) is 18.2 Å². The van der Waals surface area contributed by atoms with E-state index in [1.807, 2.05) is 0 Å². The van der Waals surface area contributed by atoms with Crippen LogP contribution in [0.15, 0.2) is 11.6 Å². The van der Waals surface area contributed by atoms with Crippen molar-refractivity contribution in [1.82, 2.24) is 10.6 Å². The highest BCUT2D eigenvalue weighted by Gasteiger charge is 2.07. The molecule has 0 aromatic carbocycles. The number of amides is 3. The fraction of sp³-hybridized carbons (Fsp3) is 0.636. The number of imide groups is 1. The van der Waals surface area contributed by atoms with Gasteiger partial charge in [0, 0.05) is 18.8 Å². The van der Waals surface area contributed by atoms with Crippen LogP contribution in [0.5, 0.6) is 0 Å². The molecule has 0 saturated heterocycles. The van der Waals surface area contributed by atoms with E-state index in [0.717, 1.165) is 19.3 Å². The first-order valence-corrected chi connectivity index (χ1v) is 6.07. The highest BCUT2D eigenvalue weighted by molar-refractivity contribution is 6.19. The van der Waals surface area contributed by atoms with E-state index >= 15 is 0 Å². The second kappa shape index (κ2) is 7.28. The van der Waals surface area contributed by atoms with Crippen LogP contribution in [0, 0.1) is 0 Å². The average Bonchev–Trinajstić information content (AvgIpc) is 2.70. The van der Waals surface area contributed by atoms with E-state index in [0.29, 0.717) is 6.54 Å². The Morgan fingerprint density at radius 1 is 1.44 bits per heavy atom. The molecule has 0 fully saturated rings. The summed E-state index contributed by atoms with van der Waals surface area (Å²) in [6, 6.07) is -0.436. The van der Waals surface area contributed by atoms with E-state index in [1.165, 1.54) is 12.0 Å². The number of hydrogen-bond donors (Lipinski definition) is 2. The van der Waals surface area contributed by atoms with Crippen LogP contribution in [0.3, 0.4) is 0 Å². The van der Waals surface area contributed by atoms with Gasteiger partial charge in [-0.05, 0) is 25.7 Å². The number of alkyl halides is 1. The molecule has 0 radical (unpaired) electrons. The summed E-state index contributed by atoms with van der Waals surface area (Å²) in [7, 11) is 0. The van der Waals surface area contributed by atoms with Crippen LogP contribution in [0.25, 0.3) is 0 Å². The summed E-state index contributed by atoms with van der Waals surface area (Å²) in [4.78, 5) is 22.2. The first-order valence-electron chi connectivity index (χ1n) is 5.54. The molecule has 1 rings (SSSR count). The Morgan fingerprint density at radius 3 is 2.88 bits per heavy atom. The summed E-state index contributed by atoms with van der Waals surface area (Å²) in [5.41, 5.74) is 1.40. The lowest BCUT2D eigenvalue weighted by Crippen LogP contribution is -2.39. The van der Waals surface area contributed by atoms with Crippen molar-refractivity contribution in [3.05, 3.63) is 11.6 Å². The molecule has 5 heteroatoms. The van der Waals surface area contributed by atoms with Gasteiger partial charge in [-0.2, -0.15) is 0 Å². The SMILES string of the molecule is O=C(CCCl)NC(=O)NCCC1=CCCC1. The molecule has 0 aromatic heterocycles. The van der Waals surface area contributed by atoms with Crippen molar-refractivity contribution < 1.29 is 9.59 Å². The molecule has 16 heavy (non-hydrogen) atoms.